The van der Waals surface area contributed by atoms with Gasteiger partial charge >= 0.3 is 20.1 Å². The summed E-state index contributed by atoms with van der Waals surface area (Å²) in [5, 5.41) is 0. The average Bonchev–Trinajstić information content (AvgIpc) is 2.53. The molecule has 0 atom stereocenters. The van der Waals surface area contributed by atoms with E-state index in [4.69, 9.17) is 0 Å². The molecule has 0 rings (SSSR count). The molecule has 0 unspecified atom stereocenters. The fourth-order valence-electron chi connectivity index (χ4n) is 1.55. The second-order valence-electron chi connectivity index (χ2n) is 5.23. The fourth-order valence-corrected chi connectivity index (χ4v) is 2.07. The van der Waals surface area contributed by atoms with Gasteiger partial charge in [0.15, 0.2) is 13.2 Å². The normalized spacial score (nSPS) is 12.2. The van der Waals surface area contributed by atoms with E-state index in [1.807, 2.05) is 0 Å². The molecule has 0 heterocycles. The lowest BCUT2D eigenvalue weighted by Crippen LogP contribution is -2.32. The predicted octanol–water partition coefficient (Wildman–Crippen LogP) is 4.47. The average molecular weight is 377 g/mol. The van der Waals surface area contributed by atoms with Crippen LogP contribution < -0.4 is 0 Å². The van der Waals surface area contributed by atoms with E-state index >= 15 is 0 Å². The number of carbonyl (C=O) groups is 2. The molecule has 0 aromatic carbocycles. The minimum atomic E-state index is -3.62. The zero-order valence-electron chi connectivity index (χ0n) is 13.7. The molecule has 10 heteroatoms. The van der Waals surface area contributed by atoms with Crippen LogP contribution in [0.2, 0.25) is 0 Å². The van der Waals surface area contributed by atoms with Crippen LogP contribution >= 0.6 is 8.25 Å². The molecule has 0 amide bonds. The lowest BCUT2D eigenvalue weighted by atomic mass is 10.1. The van der Waals surface area contributed by atoms with Gasteiger partial charge in [-0.25, -0.2) is 0 Å². The van der Waals surface area contributed by atoms with Crippen LogP contribution in [0.25, 0.3) is 0 Å². The summed E-state index contributed by atoms with van der Waals surface area (Å²) in [6, 6.07) is 0. The zero-order valence-corrected chi connectivity index (χ0v) is 14.6. The highest BCUT2D eigenvalue weighted by atomic mass is 31.1. The topological polar surface area (TPSA) is 69.7 Å². The number of hydrogen-bond acceptors (Lipinski definition) is 5. The number of carbonyl (C=O) groups excluding carboxylic acids is 2. The Morgan fingerprint density at radius 3 is 1.46 bits per heavy atom. The van der Waals surface area contributed by atoms with Crippen molar-refractivity contribution in [2.75, 3.05) is 13.2 Å². The summed E-state index contributed by atoms with van der Waals surface area (Å²) in [5.41, 5.74) is 0. The maximum absolute atomic E-state index is 13.3. The summed E-state index contributed by atoms with van der Waals surface area (Å²) in [4.78, 5) is 22.5. The molecule has 0 aliphatic carbocycles. The van der Waals surface area contributed by atoms with Crippen molar-refractivity contribution < 1.29 is 40.8 Å². The molecular weight excluding hydrogens is 355 g/mol. The first kappa shape index (κ1) is 23.1. The summed E-state index contributed by atoms with van der Waals surface area (Å²) in [5.74, 6) is -10.4. The monoisotopic (exact) mass is 377 g/mol. The van der Waals surface area contributed by atoms with E-state index in [9.17, 15) is 31.7 Å². The van der Waals surface area contributed by atoms with E-state index in [0.29, 0.717) is 12.8 Å². The molecule has 0 bridgehead atoms. The highest BCUT2D eigenvalue weighted by Gasteiger charge is 2.42. The van der Waals surface area contributed by atoms with Gasteiger partial charge < -0.3 is 0 Å². The Hall–Kier alpha value is -0.920. The van der Waals surface area contributed by atoms with E-state index in [1.54, 1.807) is 13.8 Å². The highest BCUT2D eigenvalue weighted by Crippen LogP contribution is 2.29. The van der Waals surface area contributed by atoms with Gasteiger partial charge in [-0.3, -0.25) is 9.59 Å². The van der Waals surface area contributed by atoms with Gasteiger partial charge in [0, 0.05) is 17.4 Å². The molecule has 0 aromatic rings. The number of rotatable bonds is 14. The van der Waals surface area contributed by atoms with E-state index in [-0.39, 0.29) is 12.8 Å². The molecule has 0 aromatic heterocycles. The van der Waals surface area contributed by atoms with Crippen LogP contribution in [0.3, 0.4) is 0 Å². The molecule has 0 saturated carbocycles. The molecule has 0 fully saturated rings. The molecule has 0 radical (unpaired) electrons. The van der Waals surface area contributed by atoms with Crippen molar-refractivity contribution in [1.29, 1.82) is 0 Å². The predicted molar refractivity (Wildman–Crippen MR) is 78.5 cm³/mol. The van der Waals surface area contributed by atoms with E-state index in [1.165, 1.54) is 0 Å². The van der Waals surface area contributed by atoms with Crippen molar-refractivity contribution >= 4 is 19.8 Å². The summed E-state index contributed by atoms with van der Waals surface area (Å²) in [6.45, 7) is 0.975. The van der Waals surface area contributed by atoms with Crippen LogP contribution in [0.5, 0.6) is 0 Å². The Kier molecular flexibility index (Phi) is 10.4. The first-order valence-corrected chi connectivity index (χ1v) is 8.71. The maximum Gasteiger partial charge on any atom is 0.698 e. The molecule has 0 N–H and O–H groups in total. The maximum atomic E-state index is 13.3. The van der Waals surface area contributed by atoms with E-state index in [0.717, 1.165) is 0 Å². The van der Waals surface area contributed by atoms with Crippen molar-refractivity contribution in [1.82, 2.24) is 0 Å². The standard InChI is InChI=1S/C14H22F4O5P/c1-3-5-7-13(15,16)11(19)9-22-24(21)23-10-12(20)14(17,18)8-6-4-2/h3-10H2,1-2H3/q+1. The number of unbranched alkanes of at least 4 members (excludes halogenated alkanes) is 2. The number of ketones is 2. The summed E-state index contributed by atoms with van der Waals surface area (Å²) < 4.78 is 73.1. The van der Waals surface area contributed by atoms with Gasteiger partial charge in [0.05, 0.1) is 0 Å². The van der Waals surface area contributed by atoms with Crippen molar-refractivity contribution in [3.05, 3.63) is 0 Å². The van der Waals surface area contributed by atoms with Crippen LogP contribution in [-0.4, -0.2) is 36.6 Å². The fraction of sp³-hybridized carbons (Fsp3) is 0.857. The van der Waals surface area contributed by atoms with Gasteiger partial charge in [0.25, 0.3) is 0 Å². The van der Waals surface area contributed by atoms with E-state index < -0.39 is 57.7 Å². The summed E-state index contributed by atoms with van der Waals surface area (Å²) in [7, 11) is -3.12. The second-order valence-corrected chi connectivity index (χ2v) is 6.20. The van der Waals surface area contributed by atoms with Gasteiger partial charge in [-0.1, -0.05) is 26.7 Å². The minimum absolute atomic E-state index is 0.128. The molecule has 140 valence electrons. The molecular formula is C14H22F4O5P+. The lowest BCUT2D eigenvalue weighted by molar-refractivity contribution is -0.147. The highest BCUT2D eigenvalue weighted by molar-refractivity contribution is 7.33. The first-order valence-electron chi connectivity index (χ1n) is 7.62. The third-order valence-corrected chi connectivity index (χ3v) is 3.79. The van der Waals surface area contributed by atoms with Gasteiger partial charge in [0.1, 0.15) is 0 Å². The van der Waals surface area contributed by atoms with Gasteiger partial charge in [-0.15, -0.1) is 9.05 Å². The second kappa shape index (κ2) is 10.8. The number of halogens is 4. The Morgan fingerprint density at radius 1 is 0.833 bits per heavy atom. The van der Waals surface area contributed by atoms with Crippen LogP contribution in [0, 0.1) is 0 Å². The zero-order chi connectivity index (χ0) is 18.8. The first-order chi connectivity index (χ1) is 11.1. The van der Waals surface area contributed by atoms with Gasteiger partial charge in [0.2, 0.25) is 11.6 Å². The largest absolute Gasteiger partial charge is 0.698 e. The smallest absolute Gasteiger partial charge is 0.290 e. The van der Waals surface area contributed by atoms with Crippen molar-refractivity contribution in [2.24, 2.45) is 0 Å². The number of alkyl halides is 4. The minimum Gasteiger partial charge on any atom is -0.290 e. The Labute approximate surface area is 139 Å². The Morgan fingerprint density at radius 2 is 1.17 bits per heavy atom. The third-order valence-electron chi connectivity index (χ3n) is 3.11. The molecule has 5 nitrogen and oxygen atoms in total. The van der Waals surface area contributed by atoms with Gasteiger partial charge in [-0.05, 0) is 12.8 Å². The lowest BCUT2D eigenvalue weighted by Gasteiger charge is -2.12. The summed E-state index contributed by atoms with van der Waals surface area (Å²) >= 11 is 0. The Bertz CT molecular complexity index is 405. The molecule has 0 aliphatic rings. The van der Waals surface area contributed by atoms with Crippen molar-refractivity contribution in [2.45, 2.75) is 64.2 Å². The number of hydrogen-bond donors (Lipinski definition) is 0. The molecule has 24 heavy (non-hydrogen) atoms. The molecule has 0 saturated heterocycles. The van der Waals surface area contributed by atoms with Gasteiger partial charge in [-0.2, -0.15) is 17.6 Å². The van der Waals surface area contributed by atoms with Crippen LogP contribution in [0.15, 0.2) is 0 Å². The van der Waals surface area contributed by atoms with Crippen molar-refractivity contribution in [3.63, 3.8) is 0 Å². The Balaban J connectivity index is 4.23. The van der Waals surface area contributed by atoms with Crippen molar-refractivity contribution in [3.8, 4) is 0 Å². The molecule has 0 aliphatic heterocycles. The van der Waals surface area contributed by atoms with Crippen LogP contribution in [0.1, 0.15) is 52.4 Å². The quantitative estimate of drug-likeness (QED) is 0.330. The number of Topliss-reactive ketones (excluding diaryl/α,β-unsaturated/α-hetero) is 2. The third kappa shape index (κ3) is 8.80. The SMILES string of the molecule is CCCCC(F)(F)C(=O)CO[P+](=O)OCC(=O)C(F)(F)CCCC. The van der Waals surface area contributed by atoms with Crippen LogP contribution in [0.4, 0.5) is 17.6 Å². The molecule has 0 spiro atoms. The summed E-state index contributed by atoms with van der Waals surface area (Å²) in [6.07, 6.45) is -0.132. The van der Waals surface area contributed by atoms with Crippen LogP contribution in [-0.2, 0) is 23.2 Å². The van der Waals surface area contributed by atoms with E-state index in [2.05, 4.69) is 9.05 Å².